The summed E-state index contributed by atoms with van der Waals surface area (Å²) < 4.78 is 0. The van der Waals surface area contributed by atoms with Crippen LogP contribution in [0.2, 0.25) is 5.02 Å². The van der Waals surface area contributed by atoms with Crippen molar-refractivity contribution in [3.05, 3.63) is 71.0 Å². The Bertz CT molecular complexity index is 1050. The number of amides is 3. The predicted octanol–water partition coefficient (Wildman–Crippen LogP) is 2.09. The van der Waals surface area contributed by atoms with Crippen molar-refractivity contribution in [3.63, 3.8) is 0 Å². The number of benzene rings is 1. The average molecular weight is 399 g/mol. The Kier molecular flexibility index (Phi) is 5.37. The minimum Gasteiger partial charge on any atom is -0.364 e. The number of pyridine rings is 1. The van der Waals surface area contributed by atoms with Crippen molar-refractivity contribution in [3.8, 4) is 0 Å². The van der Waals surface area contributed by atoms with Gasteiger partial charge in [-0.3, -0.25) is 14.4 Å². The molecule has 0 saturated heterocycles. The lowest BCUT2D eigenvalue weighted by molar-refractivity contribution is 0.0958. The monoisotopic (exact) mass is 398 g/mol. The van der Waals surface area contributed by atoms with E-state index in [0.29, 0.717) is 11.4 Å². The van der Waals surface area contributed by atoms with Crippen LogP contribution in [-0.4, -0.2) is 39.7 Å². The fourth-order valence-electron chi connectivity index (χ4n) is 2.44. The molecule has 0 unspecified atom stereocenters. The van der Waals surface area contributed by atoms with Crippen LogP contribution in [-0.2, 0) is 0 Å². The van der Waals surface area contributed by atoms with Crippen molar-refractivity contribution >= 4 is 40.7 Å². The number of carbonyl (C=O) groups excluding carboxylic acids is 3. The normalized spacial score (nSPS) is 10.4. The fourth-order valence-corrected chi connectivity index (χ4v) is 2.65. The average Bonchev–Trinajstić information content (AvgIpc) is 3.18. The molecular formula is C18H15ClN6O3. The van der Waals surface area contributed by atoms with Gasteiger partial charge < -0.3 is 20.9 Å². The molecule has 3 aromatic rings. The molecule has 3 rings (SSSR count). The van der Waals surface area contributed by atoms with Gasteiger partial charge in [0, 0.05) is 24.6 Å². The van der Waals surface area contributed by atoms with E-state index >= 15 is 0 Å². The van der Waals surface area contributed by atoms with Crippen LogP contribution < -0.4 is 16.0 Å². The molecule has 0 aliphatic heterocycles. The van der Waals surface area contributed by atoms with Crippen molar-refractivity contribution < 1.29 is 14.4 Å². The molecule has 0 saturated carbocycles. The van der Waals surface area contributed by atoms with E-state index in [1.54, 1.807) is 36.4 Å². The highest BCUT2D eigenvalue weighted by atomic mass is 35.5. The molecule has 0 aliphatic rings. The molecule has 0 fully saturated rings. The number of anilines is 2. The van der Waals surface area contributed by atoms with Crippen LogP contribution in [0.15, 0.2) is 48.9 Å². The Morgan fingerprint density at radius 2 is 1.82 bits per heavy atom. The molecule has 2 heterocycles. The number of nitrogens with zero attached hydrogens (tertiary/aromatic N) is 3. The summed E-state index contributed by atoms with van der Waals surface area (Å²) in [5.74, 6) is -1.74. The van der Waals surface area contributed by atoms with E-state index in [1.165, 1.54) is 24.5 Å². The van der Waals surface area contributed by atoms with Gasteiger partial charge in [-0.25, -0.2) is 9.97 Å². The van der Waals surface area contributed by atoms with E-state index in [1.807, 2.05) is 0 Å². The predicted molar refractivity (Wildman–Crippen MR) is 103 cm³/mol. The molecule has 10 heteroatoms. The summed E-state index contributed by atoms with van der Waals surface area (Å²) in [5.41, 5.74) is 6.22. The van der Waals surface area contributed by atoms with Gasteiger partial charge >= 0.3 is 0 Å². The van der Waals surface area contributed by atoms with Gasteiger partial charge in [-0.05, 0) is 36.4 Å². The second-order valence-electron chi connectivity index (χ2n) is 5.69. The maximum Gasteiger partial charge on any atom is 0.276 e. The second-order valence-corrected chi connectivity index (χ2v) is 6.10. The number of hydrogen-bond acceptors (Lipinski definition) is 5. The molecule has 0 aliphatic carbocycles. The number of hydrogen-bond donors (Lipinski definition) is 3. The highest BCUT2D eigenvalue weighted by molar-refractivity contribution is 6.34. The van der Waals surface area contributed by atoms with Gasteiger partial charge in [0.25, 0.3) is 17.7 Å². The molecule has 9 nitrogen and oxygen atoms in total. The number of imidazole rings is 1. The quantitative estimate of drug-likeness (QED) is 0.604. The molecular weight excluding hydrogens is 384 g/mol. The molecule has 0 atom stereocenters. The first-order valence-corrected chi connectivity index (χ1v) is 8.39. The molecule has 0 spiro atoms. The van der Waals surface area contributed by atoms with E-state index in [2.05, 4.69) is 20.3 Å². The minimum atomic E-state index is -0.802. The Morgan fingerprint density at radius 1 is 1.11 bits per heavy atom. The van der Waals surface area contributed by atoms with Crippen molar-refractivity contribution in [2.45, 2.75) is 0 Å². The van der Waals surface area contributed by atoms with Gasteiger partial charge in [-0.2, -0.15) is 0 Å². The van der Waals surface area contributed by atoms with Gasteiger partial charge in [0.1, 0.15) is 11.4 Å². The molecule has 3 amide bonds. The van der Waals surface area contributed by atoms with E-state index in [9.17, 15) is 14.4 Å². The molecule has 1 aromatic carbocycles. The summed E-state index contributed by atoms with van der Waals surface area (Å²) in [4.78, 5) is 47.8. The molecule has 2 aromatic heterocycles. The number of nitrogens with two attached hydrogens (primary N) is 1. The summed E-state index contributed by atoms with van der Waals surface area (Å²) >= 11 is 5.96. The van der Waals surface area contributed by atoms with Gasteiger partial charge in [0.15, 0.2) is 5.69 Å². The number of rotatable bonds is 5. The molecule has 142 valence electrons. The van der Waals surface area contributed by atoms with Crippen LogP contribution in [0.4, 0.5) is 11.4 Å². The van der Waals surface area contributed by atoms with Crippen LogP contribution in [0.25, 0.3) is 0 Å². The summed E-state index contributed by atoms with van der Waals surface area (Å²) in [5, 5.41) is 2.92. The first kappa shape index (κ1) is 19.1. The number of aromatic nitrogens is 3. The van der Waals surface area contributed by atoms with E-state index in [0.717, 1.165) is 0 Å². The van der Waals surface area contributed by atoms with Gasteiger partial charge in [-0.1, -0.05) is 11.6 Å². The number of aromatic amines is 1. The van der Waals surface area contributed by atoms with Crippen LogP contribution in [0.5, 0.6) is 0 Å². The Morgan fingerprint density at radius 3 is 2.46 bits per heavy atom. The topological polar surface area (TPSA) is 134 Å². The zero-order valence-electron chi connectivity index (χ0n) is 14.6. The third-order valence-corrected chi connectivity index (χ3v) is 4.18. The SMILES string of the molecule is CN(C(=O)c1[nH]cnc1C(N)=O)c1ccc(NC(=O)c2ncccc2Cl)cc1. The maximum absolute atomic E-state index is 12.6. The summed E-state index contributed by atoms with van der Waals surface area (Å²) in [6.07, 6.45) is 2.70. The van der Waals surface area contributed by atoms with E-state index in [4.69, 9.17) is 17.3 Å². The zero-order valence-corrected chi connectivity index (χ0v) is 15.4. The summed E-state index contributed by atoms with van der Waals surface area (Å²) in [6, 6.07) is 9.71. The fraction of sp³-hybridized carbons (Fsp3) is 0.0556. The van der Waals surface area contributed by atoms with Crippen molar-refractivity contribution in [1.29, 1.82) is 0 Å². The Hall–Kier alpha value is -3.72. The summed E-state index contributed by atoms with van der Waals surface area (Å²) in [7, 11) is 1.54. The lowest BCUT2D eigenvalue weighted by Gasteiger charge is -2.17. The van der Waals surface area contributed by atoms with Gasteiger partial charge in [0.2, 0.25) is 0 Å². The smallest absolute Gasteiger partial charge is 0.276 e. The lowest BCUT2D eigenvalue weighted by Crippen LogP contribution is -2.29. The van der Waals surface area contributed by atoms with Crippen molar-refractivity contribution in [2.75, 3.05) is 17.3 Å². The van der Waals surface area contributed by atoms with Gasteiger partial charge in [0.05, 0.1) is 11.3 Å². The summed E-state index contributed by atoms with van der Waals surface area (Å²) in [6.45, 7) is 0. The Balaban J connectivity index is 1.74. The number of primary amides is 1. The lowest BCUT2D eigenvalue weighted by atomic mass is 10.2. The maximum atomic E-state index is 12.6. The van der Waals surface area contributed by atoms with Gasteiger partial charge in [-0.15, -0.1) is 0 Å². The highest BCUT2D eigenvalue weighted by Crippen LogP contribution is 2.20. The first-order valence-electron chi connectivity index (χ1n) is 8.01. The van der Waals surface area contributed by atoms with Crippen LogP contribution >= 0.6 is 11.6 Å². The molecule has 28 heavy (non-hydrogen) atoms. The third-order valence-electron chi connectivity index (χ3n) is 3.88. The van der Waals surface area contributed by atoms with E-state index < -0.39 is 17.7 Å². The second kappa shape index (κ2) is 7.89. The van der Waals surface area contributed by atoms with Crippen LogP contribution in [0.1, 0.15) is 31.5 Å². The standard InChI is InChI=1S/C18H15ClN6O3/c1-25(18(28)15-14(16(20)26)22-9-23-15)11-6-4-10(5-7-11)24-17(27)13-12(19)3-2-8-21-13/h2-9H,1H3,(H2,20,26)(H,22,23)(H,24,27). The number of H-pyrrole nitrogens is 1. The largest absolute Gasteiger partial charge is 0.364 e. The zero-order chi connectivity index (χ0) is 20.3. The first-order chi connectivity index (χ1) is 13.4. The third kappa shape index (κ3) is 3.84. The minimum absolute atomic E-state index is 0.00262. The molecule has 0 radical (unpaired) electrons. The Labute approximate surface area is 164 Å². The molecule has 0 bridgehead atoms. The van der Waals surface area contributed by atoms with Crippen LogP contribution in [0.3, 0.4) is 0 Å². The molecule has 4 N–H and O–H groups in total. The number of carbonyl (C=O) groups is 3. The van der Waals surface area contributed by atoms with E-state index in [-0.39, 0.29) is 22.1 Å². The van der Waals surface area contributed by atoms with Crippen molar-refractivity contribution in [2.24, 2.45) is 5.73 Å². The van der Waals surface area contributed by atoms with Crippen LogP contribution in [0, 0.1) is 0 Å². The number of nitrogens with one attached hydrogen (secondary N) is 2. The van der Waals surface area contributed by atoms with Crippen molar-refractivity contribution in [1.82, 2.24) is 15.0 Å². The number of halogens is 1. The highest BCUT2D eigenvalue weighted by Gasteiger charge is 2.22.